The summed E-state index contributed by atoms with van der Waals surface area (Å²) in [5, 5.41) is 7.33. The third-order valence-electron chi connectivity index (χ3n) is 5.38. The van der Waals surface area contributed by atoms with Crippen LogP contribution in [-0.2, 0) is 16.6 Å². The van der Waals surface area contributed by atoms with Gasteiger partial charge in [0.25, 0.3) is 5.91 Å². The zero-order valence-electron chi connectivity index (χ0n) is 19.0. The maximum Gasteiger partial charge on any atom is 0.256 e. The second-order valence-corrected chi connectivity index (χ2v) is 9.75. The number of carbonyl (C=O) groups excluding carboxylic acids is 1. The molecule has 3 aromatic carbocycles. The molecule has 1 amide bonds. The summed E-state index contributed by atoms with van der Waals surface area (Å²) in [6.45, 7) is 4.27. The molecule has 1 heterocycles. The molecule has 0 aliphatic heterocycles. The van der Waals surface area contributed by atoms with Crippen molar-refractivity contribution in [1.82, 2.24) is 14.1 Å². The topological polar surface area (TPSA) is 84.3 Å². The number of rotatable bonds is 8. The van der Waals surface area contributed by atoms with Gasteiger partial charge in [0.05, 0.1) is 16.3 Å². The van der Waals surface area contributed by atoms with Crippen LogP contribution in [0.2, 0.25) is 0 Å². The molecule has 34 heavy (non-hydrogen) atoms. The van der Waals surface area contributed by atoms with E-state index >= 15 is 0 Å². The number of hydrogen-bond donors (Lipinski definition) is 1. The van der Waals surface area contributed by atoms with Gasteiger partial charge in [-0.25, -0.2) is 13.1 Å². The lowest BCUT2D eigenvalue weighted by Crippen LogP contribution is -2.30. The van der Waals surface area contributed by atoms with E-state index in [9.17, 15) is 13.2 Å². The van der Waals surface area contributed by atoms with E-state index in [1.807, 2.05) is 67.6 Å². The van der Waals surface area contributed by atoms with Crippen LogP contribution in [0.5, 0.6) is 0 Å². The molecule has 0 aliphatic carbocycles. The van der Waals surface area contributed by atoms with Crippen molar-refractivity contribution in [3.63, 3.8) is 0 Å². The van der Waals surface area contributed by atoms with E-state index in [1.165, 1.54) is 28.6 Å². The molecular weight excluding hydrogens is 448 g/mol. The maximum atomic E-state index is 13.2. The fraction of sp³-hybridized carbons (Fsp3) is 0.154. The standard InChI is InChI=1S/C26H26N4O3S/c1-3-29(19-21-10-6-4-7-11-21)34(32,33)24-16-14-22(15-17-24)26(31)27-25-18-20(2)28-30(25)23-12-8-5-9-13-23/h4-18H,3,19H2,1-2H3,(H,27,31). The Morgan fingerprint density at radius 1 is 0.941 bits per heavy atom. The van der Waals surface area contributed by atoms with Gasteiger partial charge in [-0.3, -0.25) is 4.79 Å². The molecule has 1 aromatic heterocycles. The molecule has 4 rings (SSSR count). The smallest absolute Gasteiger partial charge is 0.256 e. The largest absolute Gasteiger partial charge is 0.306 e. The Morgan fingerprint density at radius 3 is 2.18 bits per heavy atom. The Balaban J connectivity index is 1.52. The minimum Gasteiger partial charge on any atom is -0.306 e. The number of carbonyl (C=O) groups is 1. The third kappa shape index (κ3) is 5.08. The Kier molecular flexibility index (Phi) is 6.90. The van der Waals surface area contributed by atoms with Gasteiger partial charge < -0.3 is 5.32 Å². The molecular formula is C26H26N4O3S. The molecule has 0 unspecified atom stereocenters. The number of aromatic nitrogens is 2. The normalized spacial score (nSPS) is 11.5. The van der Waals surface area contributed by atoms with Crippen molar-refractivity contribution < 1.29 is 13.2 Å². The second-order valence-electron chi connectivity index (χ2n) is 7.81. The quantitative estimate of drug-likeness (QED) is 0.403. The third-order valence-corrected chi connectivity index (χ3v) is 7.32. The summed E-state index contributed by atoms with van der Waals surface area (Å²) in [6.07, 6.45) is 0. The number of sulfonamides is 1. The summed E-state index contributed by atoms with van der Waals surface area (Å²) in [6, 6.07) is 26.7. The molecule has 1 N–H and O–H groups in total. The Morgan fingerprint density at radius 2 is 1.56 bits per heavy atom. The van der Waals surface area contributed by atoms with Crippen LogP contribution in [0.1, 0.15) is 28.5 Å². The predicted octanol–water partition coefficient (Wildman–Crippen LogP) is 4.64. The number of hydrogen-bond acceptors (Lipinski definition) is 4. The van der Waals surface area contributed by atoms with Crippen molar-refractivity contribution in [3.05, 3.63) is 108 Å². The van der Waals surface area contributed by atoms with Gasteiger partial charge in [0, 0.05) is 24.7 Å². The molecule has 174 valence electrons. The average molecular weight is 475 g/mol. The first-order valence-electron chi connectivity index (χ1n) is 11.0. The number of anilines is 1. The van der Waals surface area contributed by atoms with Crippen molar-refractivity contribution >= 4 is 21.7 Å². The van der Waals surface area contributed by atoms with E-state index in [0.29, 0.717) is 17.9 Å². The van der Waals surface area contributed by atoms with Crippen LogP contribution < -0.4 is 5.32 Å². The zero-order valence-corrected chi connectivity index (χ0v) is 19.9. The molecule has 0 saturated heterocycles. The summed E-state index contributed by atoms with van der Waals surface area (Å²) in [4.78, 5) is 13.0. The van der Waals surface area contributed by atoms with Crippen LogP contribution in [0.3, 0.4) is 0 Å². The molecule has 4 aromatic rings. The molecule has 0 radical (unpaired) electrons. The monoisotopic (exact) mass is 474 g/mol. The van der Waals surface area contributed by atoms with Gasteiger partial charge >= 0.3 is 0 Å². The average Bonchev–Trinajstić information content (AvgIpc) is 3.23. The van der Waals surface area contributed by atoms with Crippen LogP contribution in [-0.4, -0.2) is 35.0 Å². The highest BCUT2D eigenvalue weighted by atomic mass is 32.2. The van der Waals surface area contributed by atoms with Crippen molar-refractivity contribution in [2.45, 2.75) is 25.3 Å². The molecule has 8 heteroatoms. The molecule has 0 aliphatic rings. The number of nitrogens with zero attached hydrogens (tertiary/aromatic N) is 3. The molecule has 0 fully saturated rings. The van der Waals surface area contributed by atoms with Crippen molar-refractivity contribution in [3.8, 4) is 5.69 Å². The van der Waals surface area contributed by atoms with Gasteiger partial charge in [0.2, 0.25) is 10.0 Å². The van der Waals surface area contributed by atoms with Gasteiger partial charge in [-0.15, -0.1) is 0 Å². The minimum absolute atomic E-state index is 0.145. The number of benzene rings is 3. The van der Waals surface area contributed by atoms with Crippen LogP contribution >= 0.6 is 0 Å². The van der Waals surface area contributed by atoms with Crippen molar-refractivity contribution in [2.75, 3.05) is 11.9 Å². The zero-order chi connectivity index (χ0) is 24.1. The first kappa shape index (κ1) is 23.4. The van der Waals surface area contributed by atoms with E-state index in [1.54, 1.807) is 17.7 Å². The van der Waals surface area contributed by atoms with E-state index in [2.05, 4.69) is 10.4 Å². The SMILES string of the molecule is CCN(Cc1ccccc1)S(=O)(=O)c1ccc(C(=O)Nc2cc(C)nn2-c2ccccc2)cc1. The first-order valence-corrected chi connectivity index (χ1v) is 12.4. The van der Waals surface area contributed by atoms with Gasteiger partial charge in [0.15, 0.2) is 0 Å². The van der Waals surface area contributed by atoms with Crippen molar-refractivity contribution in [2.24, 2.45) is 0 Å². The Labute approximate surface area is 199 Å². The predicted molar refractivity (Wildman–Crippen MR) is 132 cm³/mol. The lowest BCUT2D eigenvalue weighted by atomic mass is 10.2. The highest BCUT2D eigenvalue weighted by Crippen LogP contribution is 2.21. The molecule has 0 bridgehead atoms. The number of aryl methyl sites for hydroxylation is 1. The molecule has 0 spiro atoms. The lowest BCUT2D eigenvalue weighted by molar-refractivity contribution is 0.102. The highest BCUT2D eigenvalue weighted by Gasteiger charge is 2.23. The Bertz CT molecular complexity index is 1370. The van der Waals surface area contributed by atoms with E-state index in [-0.39, 0.29) is 17.3 Å². The first-order chi connectivity index (χ1) is 16.4. The van der Waals surface area contributed by atoms with Crippen molar-refractivity contribution in [1.29, 1.82) is 0 Å². The van der Waals surface area contributed by atoms with Crippen LogP contribution in [0.25, 0.3) is 5.69 Å². The number of nitrogens with one attached hydrogen (secondary N) is 1. The fourth-order valence-electron chi connectivity index (χ4n) is 3.62. The van der Waals surface area contributed by atoms with E-state index < -0.39 is 10.0 Å². The van der Waals surface area contributed by atoms with Crippen LogP contribution in [0.15, 0.2) is 95.9 Å². The maximum absolute atomic E-state index is 13.2. The highest BCUT2D eigenvalue weighted by molar-refractivity contribution is 7.89. The Hall–Kier alpha value is -3.75. The van der Waals surface area contributed by atoms with Gasteiger partial charge in [-0.05, 0) is 48.9 Å². The lowest BCUT2D eigenvalue weighted by Gasteiger charge is -2.20. The number of para-hydroxylation sites is 1. The van der Waals surface area contributed by atoms with Gasteiger partial charge in [-0.1, -0.05) is 55.5 Å². The molecule has 0 saturated carbocycles. The van der Waals surface area contributed by atoms with Crippen LogP contribution in [0.4, 0.5) is 5.82 Å². The summed E-state index contributed by atoms with van der Waals surface area (Å²) >= 11 is 0. The second kappa shape index (κ2) is 10.0. The van der Waals surface area contributed by atoms with Gasteiger partial charge in [0.1, 0.15) is 5.82 Å². The fourth-order valence-corrected chi connectivity index (χ4v) is 5.06. The van der Waals surface area contributed by atoms with E-state index in [0.717, 1.165) is 16.9 Å². The van der Waals surface area contributed by atoms with Crippen LogP contribution in [0, 0.1) is 6.92 Å². The molecule has 7 nitrogen and oxygen atoms in total. The number of amides is 1. The summed E-state index contributed by atoms with van der Waals surface area (Å²) in [5.41, 5.74) is 2.85. The van der Waals surface area contributed by atoms with Gasteiger partial charge in [-0.2, -0.15) is 9.40 Å². The summed E-state index contributed by atoms with van der Waals surface area (Å²) < 4.78 is 29.4. The summed E-state index contributed by atoms with van der Waals surface area (Å²) in [7, 11) is -3.70. The summed E-state index contributed by atoms with van der Waals surface area (Å²) in [5.74, 6) is 0.183. The minimum atomic E-state index is -3.70. The van der Waals surface area contributed by atoms with E-state index in [4.69, 9.17) is 0 Å². The molecule has 0 atom stereocenters.